The molecular formula is C14H14FNO3S. The third-order valence-electron chi connectivity index (χ3n) is 2.43. The van der Waals surface area contributed by atoms with Gasteiger partial charge in [-0.05, 0) is 31.2 Å². The average molecular weight is 295 g/mol. The highest BCUT2D eigenvalue weighted by atomic mass is 32.2. The monoisotopic (exact) mass is 295 g/mol. The molecule has 106 valence electrons. The first kappa shape index (κ1) is 14.6. The van der Waals surface area contributed by atoms with Gasteiger partial charge in [-0.3, -0.25) is 4.79 Å². The van der Waals surface area contributed by atoms with Gasteiger partial charge in [0.1, 0.15) is 5.82 Å². The topological polar surface area (TPSA) is 52.3 Å². The van der Waals surface area contributed by atoms with Gasteiger partial charge in [-0.25, -0.2) is 9.37 Å². The van der Waals surface area contributed by atoms with E-state index in [-0.39, 0.29) is 17.5 Å². The van der Waals surface area contributed by atoms with Crippen LogP contribution in [0.2, 0.25) is 0 Å². The number of hydrogen-bond acceptors (Lipinski definition) is 5. The number of carbonyl (C=O) groups is 1. The minimum absolute atomic E-state index is 0.247. The van der Waals surface area contributed by atoms with Gasteiger partial charge in [-0.2, -0.15) is 0 Å². The molecule has 0 amide bonds. The number of thioether (sulfide) groups is 1. The molecule has 2 aromatic rings. The molecule has 2 rings (SSSR count). The maximum atomic E-state index is 12.8. The number of halogens is 1. The molecule has 1 aromatic heterocycles. The van der Waals surface area contributed by atoms with Gasteiger partial charge in [-0.15, -0.1) is 11.8 Å². The Morgan fingerprint density at radius 3 is 2.85 bits per heavy atom. The van der Waals surface area contributed by atoms with Crippen LogP contribution in [-0.4, -0.2) is 23.3 Å². The van der Waals surface area contributed by atoms with Crippen LogP contribution >= 0.6 is 11.8 Å². The van der Waals surface area contributed by atoms with Crippen LogP contribution in [0.25, 0.3) is 11.3 Å². The minimum Gasteiger partial charge on any atom is -0.465 e. The van der Waals surface area contributed by atoms with E-state index in [9.17, 15) is 9.18 Å². The standard InChI is InChI=1S/C14H14FNO3S/c1-2-18-14(17)9-20-8-13-16-7-12(19-13)10-3-5-11(15)6-4-10/h3-7H,2,8-9H2,1H3. The van der Waals surface area contributed by atoms with Crippen molar-refractivity contribution in [3.8, 4) is 11.3 Å². The molecule has 0 saturated carbocycles. The van der Waals surface area contributed by atoms with Crippen molar-refractivity contribution in [1.82, 2.24) is 4.98 Å². The largest absolute Gasteiger partial charge is 0.465 e. The van der Waals surface area contributed by atoms with Crippen LogP contribution in [0.1, 0.15) is 12.8 Å². The van der Waals surface area contributed by atoms with E-state index in [1.165, 1.54) is 23.9 Å². The fourth-order valence-corrected chi connectivity index (χ4v) is 2.21. The number of oxazole rings is 1. The Hall–Kier alpha value is -1.82. The lowest BCUT2D eigenvalue weighted by molar-refractivity contribution is -0.139. The number of rotatable bonds is 6. The molecule has 1 aromatic carbocycles. The summed E-state index contributed by atoms with van der Waals surface area (Å²) in [5.41, 5.74) is 0.764. The lowest BCUT2D eigenvalue weighted by Crippen LogP contribution is -2.06. The molecule has 0 atom stereocenters. The quantitative estimate of drug-likeness (QED) is 0.765. The van der Waals surface area contributed by atoms with Crippen LogP contribution in [0.5, 0.6) is 0 Å². The Morgan fingerprint density at radius 2 is 2.15 bits per heavy atom. The van der Waals surface area contributed by atoms with Crippen molar-refractivity contribution < 1.29 is 18.3 Å². The molecule has 0 unspecified atom stereocenters. The van der Waals surface area contributed by atoms with Crippen LogP contribution in [0.15, 0.2) is 34.9 Å². The third kappa shape index (κ3) is 4.09. The van der Waals surface area contributed by atoms with Gasteiger partial charge in [0, 0.05) is 5.56 Å². The van der Waals surface area contributed by atoms with Gasteiger partial charge in [-0.1, -0.05) is 0 Å². The SMILES string of the molecule is CCOC(=O)CSCc1ncc(-c2ccc(F)cc2)o1. The molecule has 0 radical (unpaired) electrons. The molecule has 0 aliphatic rings. The highest BCUT2D eigenvalue weighted by Gasteiger charge is 2.08. The zero-order valence-corrected chi connectivity index (χ0v) is 11.8. The Morgan fingerprint density at radius 1 is 1.40 bits per heavy atom. The summed E-state index contributed by atoms with van der Waals surface area (Å²) in [4.78, 5) is 15.3. The van der Waals surface area contributed by atoms with Crippen LogP contribution in [-0.2, 0) is 15.3 Å². The second kappa shape index (κ2) is 7.09. The van der Waals surface area contributed by atoms with Crippen molar-refractivity contribution in [2.75, 3.05) is 12.4 Å². The van der Waals surface area contributed by atoms with Crippen LogP contribution in [0, 0.1) is 5.82 Å². The molecule has 0 aliphatic carbocycles. The van der Waals surface area contributed by atoms with Crippen LogP contribution < -0.4 is 0 Å². The average Bonchev–Trinajstić information content (AvgIpc) is 2.89. The van der Waals surface area contributed by atoms with Gasteiger partial charge < -0.3 is 9.15 Å². The number of ether oxygens (including phenoxy) is 1. The molecule has 0 aliphatic heterocycles. The Labute approximate surface area is 120 Å². The number of carbonyl (C=O) groups excluding carboxylic acids is 1. The van der Waals surface area contributed by atoms with Gasteiger partial charge in [0.05, 0.1) is 24.3 Å². The van der Waals surface area contributed by atoms with Crippen molar-refractivity contribution in [3.63, 3.8) is 0 Å². The van der Waals surface area contributed by atoms with E-state index in [2.05, 4.69) is 4.98 Å². The molecule has 0 spiro atoms. The van der Waals surface area contributed by atoms with Crippen LogP contribution in [0.3, 0.4) is 0 Å². The molecule has 20 heavy (non-hydrogen) atoms. The van der Waals surface area contributed by atoms with Gasteiger partial charge in [0.15, 0.2) is 5.76 Å². The van der Waals surface area contributed by atoms with E-state index in [0.717, 1.165) is 5.56 Å². The van der Waals surface area contributed by atoms with Gasteiger partial charge in [0.25, 0.3) is 0 Å². The highest BCUT2D eigenvalue weighted by Crippen LogP contribution is 2.22. The normalized spacial score (nSPS) is 10.5. The van der Waals surface area contributed by atoms with Crippen molar-refractivity contribution in [3.05, 3.63) is 42.2 Å². The van der Waals surface area contributed by atoms with E-state index >= 15 is 0 Å². The number of esters is 1. The number of nitrogens with zero attached hydrogens (tertiary/aromatic N) is 1. The molecule has 0 N–H and O–H groups in total. The first-order chi connectivity index (χ1) is 9.69. The summed E-state index contributed by atoms with van der Waals surface area (Å²) in [6.07, 6.45) is 1.59. The molecule has 0 fully saturated rings. The predicted octanol–water partition coefficient (Wildman–Crippen LogP) is 3.28. The molecule has 1 heterocycles. The summed E-state index contributed by atoms with van der Waals surface area (Å²) in [6.45, 7) is 2.15. The fraction of sp³-hybridized carbons (Fsp3) is 0.286. The summed E-state index contributed by atoms with van der Waals surface area (Å²) < 4.78 is 23.2. The molecule has 6 heteroatoms. The van der Waals surface area contributed by atoms with E-state index < -0.39 is 0 Å². The summed E-state index contributed by atoms with van der Waals surface area (Å²) in [5, 5.41) is 0. The summed E-state index contributed by atoms with van der Waals surface area (Å²) >= 11 is 1.37. The van der Waals surface area contributed by atoms with E-state index in [0.29, 0.717) is 24.0 Å². The van der Waals surface area contributed by atoms with Gasteiger partial charge in [0.2, 0.25) is 5.89 Å². The molecule has 0 bridgehead atoms. The maximum Gasteiger partial charge on any atom is 0.315 e. The van der Waals surface area contributed by atoms with Crippen molar-refractivity contribution >= 4 is 17.7 Å². The van der Waals surface area contributed by atoms with E-state index in [1.54, 1.807) is 25.3 Å². The predicted molar refractivity (Wildman–Crippen MR) is 74.7 cm³/mol. The third-order valence-corrected chi connectivity index (χ3v) is 3.32. The lowest BCUT2D eigenvalue weighted by Gasteiger charge is -1.99. The number of hydrogen-bond donors (Lipinski definition) is 0. The molecule has 4 nitrogen and oxygen atoms in total. The summed E-state index contributed by atoms with van der Waals surface area (Å²) in [5.74, 6) is 1.32. The first-order valence-electron chi connectivity index (χ1n) is 6.13. The number of benzene rings is 1. The lowest BCUT2D eigenvalue weighted by atomic mass is 10.2. The maximum absolute atomic E-state index is 12.8. The first-order valence-corrected chi connectivity index (χ1v) is 7.28. The summed E-state index contributed by atoms with van der Waals surface area (Å²) in [6, 6.07) is 6.00. The zero-order chi connectivity index (χ0) is 14.4. The van der Waals surface area contributed by atoms with Crippen molar-refractivity contribution in [1.29, 1.82) is 0 Å². The second-order valence-corrected chi connectivity index (χ2v) is 4.91. The Bertz CT molecular complexity index is 568. The van der Waals surface area contributed by atoms with Crippen LogP contribution in [0.4, 0.5) is 4.39 Å². The van der Waals surface area contributed by atoms with E-state index in [4.69, 9.17) is 9.15 Å². The molecular weight excluding hydrogens is 281 g/mol. The smallest absolute Gasteiger partial charge is 0.315 e. The van der Waals surface area contributed by atoms with Crippen molar-refractivity contribution in [2.24, 2.45) is 0 Å². The highest BCUT2D eigenvalue weighted by molar-refractivity contribution is 7.99. The number of aromatic nitrogens is 1. The molecule has 0 saturated heterocycles. The van der Waals surface area contributed by atoms with Crippen molar-refractivity contribution in [2.45, 2.75) is 12.7 Å². The Balaban J connectivity index is 1.89. The minimum atomic E-state index is -0.293. The zero-order valence-electron chi connectivity index (χ0n) is 11.0. The van der Waals surface area contributed by atoms with E-state index in [1.807, 2.05) is 0 Å². The Kier molecular flexibility index (Phi) is 5.17. The summed E-state index contributed by atoms with van der Waals surface area (Å²) in [7, 11) is 0. The fourth-order valence-electron chi connectivity index (χ4n) is 1.55. The van der Waals surface area contributed by atoms with Gasteiger partial charge >= 0.3 is 5.97 Å². The second-order valence-electron chi connectivity index (χ2n) is 3.92.